The molecule has 2 aromatic rings. The van der Waals surface area contributed by atoms with E-state index in [0.29, 0.717) is 11.8 Å². The third-order valence-corrected chi connectivity index (χ3v) is 2.36. The van der Waals surface area contributed by atoms with E-state index in [9.17, 15) is 22.4 Å². The fourth-order valence-corrected chi connectivity index (χ4v) is 1.73. The second-order valence-corrected chi connectivity index (χ2v) is 3.66. The zero-order chi connectivity index (χ0) is 12.8. The van der Waals surface area contributed by atoms with Gasteiger partial charge in [0.15, 0.2) is 5.43 Å². The van der Waals surface area contributed by atoms with Crippen LogP contribution in [-0.2, 0) is 6.18 Å². The van der Waals surface area contributed by atoms with Gasteiger partial charge in [0.2, 0.25) is 0 Å². The minimum Gasteiger partial charge on any atom is -0.358 e. The standard InChI is InChI=1S/C11H7F4NO/c1-5-4-8(17)9-7(16-5)3-2-6(12)10(9)11(13,14)15/h2-4H,1H3,(H,16,17). The first-order valence-corrected chi connectivity index (χ1v) is 4.70. The molecule has 0 aliphatic heterocycles. The van der Waals surface area contributed by atoms with Gasteiger partial charge in [-0.05, 0) is 19.1 Å². The van der Waals surface area contributed by atoms with Gasteiger partial charge in [-0.2, -0.15) is 13.2 Å². The molecule has 0 unspecified atom stereocenters. The summed E-state index contributed by atoms with van der Waals surface area (Å²) in [7, 11) is 0. The molecule has 2 rings (SSSR count). The topological polar surface area (TPSA) is 32.9 Å². The van der Waals surface area contributed by atoms with Crippen LogP contribution in [0.5, 0.6) is 0 Å². The molecule has 0 aliphatic rings. The molecule has 0 aliphatic carbocycles. The number of H-pyrrole nitrogens is 1. The van der Waals surface area contributed by atoms with Gasteiger partial charge in [0, 0.05) is 11.8 Å². The minimum absolute atomic E-state index is 0.0243. The summed E-state index contributed by atoms with van der Waals surface area (Å²) in [4.78, 5) is 14.1. The van der Waals surface area contributed by atoms with Crippen LogP contribution in [0.3, 0.4) is 0 Å². The van der Waals surface area contributed by atoms with Crippen LogP contribution in [0.25, 0.3) is 10.9 Å². The molecule has 1 aromatic carbocycles. The molecule has 0 atom stereocenters. The fraction of sp³-hybridized carbons (Fsp3) is 0.182. The van der Waals surface area contributed by atoms with Crippen LogP contribution in [0.1, 0.15) is 11.3 Å². The Morgan fingerprint density at radius 1 is 1.24 bits per heavy atom. The molecule has 0 saturated heterocycles. The maximum atomic E-state index is 13.2. The third kappa shape index (κ3) is 1.90. The Kier molecular flexibility index (Phi) is 2.45. The first-order chi connectivity index (χ1) is 7.80. The number of nitrogens with one attached hydrogen (secondary N) is 1. The Bertz CT molecular complexity index is 642. The van der Waals surface area contributed by atoms with Crippen molar-refractivity contribution in [2.75, 3.05) is 0 Å². The summed E-state index contributed by atoms with van der Waals surface area (Å²) in [5, 5.41) is -0.664. The van der Waals surface area contributed by atoms with Gasteiger partial charge in [-0.3, -0.25) is 4.79 Å². The number of alkyl halides is 3. The van der Waals surface area contributed by atoms with E-state index in [1.165, 1.54) is 6.92 Å². The van der Waals surface area contributed by atoms with Gasteiger partial charge in [-0.1, -0.05) is 0 Å². The molecule has 0 radical (unpaired) electrons. The van der Waals surface area contributed by atoms with E-state index in [1.807, 2.05) is 0 Å². The average Bonchev–Trinajstić information content (AvgIpc) is 2.16. The fourth-order valence-electron chi connectivity index (χ4n) is 1.73. The van der Waals surface area contributed by atoms with Gasteiger partial charge in [0.1, 0.15) is 11.4 Å². The molecule has 0 bridgehead atoms. The molecule has 6 heteroatoms. The molecule has 0 amide bonds. The minimum atomic E-state index is -4.90. The molecular weight excluding hydrogens is 238 g/mol. The van der Waals surface area contributed by atoms with Crippen molar-refractivity contribution in [3.63, 3.8) is 0 Å². The van der Waals surface area contributed by atoms with E-state index in [4.69, 9.17) is 0 Å². The van der Waals surface area contributed by atoms with Crippen LogP contribution in [-0.4, -0.2) is 4.98 Å². The Balaban J connectivity index is 3.01. The summed E-state index contributed by atoms with van der Waals surface area (Å²) in [6, 6.07) is 2.83. The van der Waals surface area contributed by atoms with Crippen molar-refractivity contribution in [2.45, 2.75) is 13.1 Å². The van der Waals surface area contributed by atoms with Gasteiger partial charge in [0.05, 0.1) is 10.9 Å². The van der Waals surface area contributed by atoms with Crippen molar-refractivity contribution in [3.05, 3.63) is 45.5 Å². The molecule has 0 fully saturated rings. The highest BCUT2D eigenvalue weighted by Gasteiger charge is 2.37. The Morgan fingerprint density at radius 2 is 1.88 bits per heavy atom. The summed E-state index contributed by atoms with van der Waals surface area (Å²) < 4.78 is 51.2. The number of benzene rings is 1. The molecule has 1 aromatic heterocycles. The van der Waals surface area contributed by atoms with Crippen LogP contribution >= 0.6 is 0 Å². The highest BCUT2D eigenvalue weighted by Crippen LogP contribution is 2.34. The van der Waals surface area contributed by atoms with Gasteiger partial charge < -0.3 is 4.98 Å². The second-order valence-electron chi connectivity index (χ2n) is 3.66. The maximum Gasteiger partial charge on any atom is 0.420 e. The molecule has 0 spiro atoms. The lowest BCUT2D eigenvalue weighted by atomic mass is 10.1. The first kappa shape index (κ1) is 11.6. The Labute approximate surface area is 92.9 Å². The zero-order valence-electron chi connectivity index (χ0n) is 8.65. The SMILES string of the molecule is Cc1cc(=O)c2c(C(F)(F)F)c(F)ccc2[nH]1. The summed E-state index contributed by atoms with van der Waals surface area (Å²) in [5.74, 6) is -1.45. The second kappa shape index (κ2) is 3.58. The number of aryl methyl sites for hydroxylation is 1. The van der Waals surface area contributed by atoms with E-state index >= 15 is 0 Å². The molecule has 0 saturated carbocycles. The van der Waals surface area contributed by atoms with Crippen molar-refractivity contribution in [3.8, 4) is 0 Å². The van der Waals surface area contributed by atoms with Gasteiger partial charge in [-0.25, -0.2) is 4.39 Å². The summed E-state index contributed by atoms with van der Waals surface area (Å²) in [6.07, 6.45) is -4.90. The lowest BCUT2D eigenvalue weighted by Gasteiger charge is -2.11. The van der Waals surface area contributed by atoms with E-state index < -0.39 is 28.4 Å². The summed E-state index contributed by atoms with van der Waals surface area (Å²) in [5.41, 5.74) is -1.97. The van der Waals surface area contributed by atoms with E-state index in [-0.39, 0.29) is 5.52 Å². The monoisotopic (exact) mass is 245 g/mol. The number of aromatic nitrogens is 1. The number of aromatic amines is 1. The van der Waals surface area contributed by atoms with Crippen LogP contribution in [0.2, 0.25) is 0 Å². The van der Waals surface area contributed by atoms with Crippen LogP contribution in [0, 0.1) is 12.7 Å². The quantitative estimate of drug-likeness (QED) is 0.711. The number of fused-ring (bicyclic) bond motifs is 1. The van der Waals surface area contributed by atoms with Gasteiger partial charge >= 0.3 is 6.18 Å². The van der Waals surface area contributed by atoms with Crippen molar-refractivity contribution < 1.29 is 17.6 Å². The first-order valence-electron chi connectivity index (χ1n) is 4.70. The van der Waals surface area contributed by atoms with E-state index in [0.717, 1.165) is 12.1 Å². The molecule has 1 N–H and O–H groups in total. The zero-order valence-corrected chi connectivity index (χ0v) is 8.65. The predicted molar refractivity (Wildman–Crippen MR) is 54.3 cm³/mol. The van der Waals surface area contributed by atoms with E-state index in [2.05, 4.69) is 4.98 Å². The van der Waals surface area contributed by atoms with Crippen molar-refractivity contribution in [1.82, 2.24) is 4.98 Å². The van der Waals surface area contributed by atoms with Crippen molar-refractivity contribution in [2.24, 2.45) is 0 Å². The number of hydrogen-bond donors (Lipinski definition) is 1. The molecule has 90 valence electrons. The van der Waals surface area contributed by atoms with E-state index in [1.54, 1.807) is 0 Å². The van der Waals surface area contributed by atoms with Gasteiger partial charge in [0.25, 0.3) is 0 Å². The number of pyridine rings is 1. The average molecular weight is 245 g/mol. The van der Waals surface area contributed by atoms with Crippen molar-refractivity contribution >= 4 is 10.9 Å². The highest BCUT2D eigenvalue weighted by atomic mass is 19.4. The molecular formula is C11H7F4NO. The lowest BCUT2D eigenvalue weighted by molar-refractivity contribution is -0.138. The smallest absolute Gasteiger partial charge is 0.358 e. The number of rotatable bonds is 0. The van der Waals surface area contributed by atoms with Crippen LogP contribution < -0.4 is 5.43 Å². The summed E-state index contributed by atoms with van der Waals surface area (Å²) >= 11 is 0. The summed E-state index contributed by atoms with van der Waals surface area (Å²) in [6.45, 7) is 1.54. The number of halogens is 4. The lowest BCUT2D eigenvalue weighted by Crippen LogP contribution is -2.15. The highest BCUT2D eigenvalue weighted by molar-refractivity contribution is 5.83. The predicted octanol–water partition coefficient (Wildman–Crippen LogP) is 2.99. The normalized spacial score (nSPS) is 12.1. The van der Waals surface area contributed by atoms with Crippen molar-refractivity contribution in [1.29, 1.82) is 0 Å². The van der Waals surface area contributed by atoms with Gasteiger partial charge in [-0.15, -0.1) is 0 Å². The Hall–Kier alpha value is -1.85. The molecule has 17 heavy (non-hydrogen) atoms. The third-order valence-electron chi connectivity index (χ3n) is 2.36. The maximum absolute atomic E-state index is 13.2. The molecule has 2 nitrogen and oxygen atoms in total. The van der Waals surface area contributed by atoms with Crippen LogP contribution in [0.15, 0.2) is 23.0 Å². The Morgan fingerprint density at radius 3 is 2.47 bits per heavy atom. The molecule has 1 heterocycles. The van der Waals surface area contributed by atoms with Crippen LogP contribution in [0.4, 0.5) is 17.6 Å². The number of hydrogen-bond acceptors (Lipinski definition) is 1. The largest absolute Gasteiger partial charge is 0.420 e.